The number of nitrogens with zero attached hydrogens (tertiary/aromatic N) is 1. The van der Waals surface area contributed by atoms with Gasteiger partial charge in [0.1, 0.15) is 18.9 Å². The van der Waals surface area contributed by atoms with E-state index in [0.717, 1.165) is 8.78 Å². The zero-order chi connectivity index (χ0) is 22.3. The van der Waals surface area contributed by atoms with Crippen LogP contribution in [0.15, 0.2) is 88.2 Å². The summed E-state index contributed by atoms with van der Waals surface area (Å²) in [6.07, 6.45) is 0. The number of carbonyl (C=O) groups excluding carboxylic acids is 1. The highest BCUT2D eigenvalue weighted by Gasteiger charge is 2.27. The Balaban J connectivity index is 1.69. The zero-order valence-corrected chi connectivity index (χ0v) is 19.5. The molecule has 0 aromatic heterocycles. The molecule has 3 rings (SSSR count). The minimum atomic E-state index is -3.93. The number of ether oxygens (including phenoxy) is 1. The fourth-order valence-corrected chi connectivity index (χ4v) is 4.64. The molecule has 162 valence electrons. The Labute approximate surface area is 195 Å². The summed E-state index contributed by atoms with van der Waals surface area (Å²) in [4.78, 5) is 12.6. The molecule has 1 N–H and O–H groups in total. The largest absolute Gasteiger partial charge is 0.490 e. The Kier molecular flexibility index (Phi) is 7.95. The smallest absolute Gasteiger partial charge is 0.264 e. The van der Waals surface area contributed by atoms with Crippen LogP contribution in [0.4, 0.5) is 5.69 Å². The number of para-hydroxylation sites is 1. The van der Waals surface area contributed by atoms with Gasteiger partial charge in [0.15, 0.2) is 0 Å². The number of sulfonamides is 1. The first-order valence-corrected chi connectivity index (χ1v) is 12.0. The summed E-state index contributed by atoms with van der Waals surface area (Å²) in [6, 6.07) is 21.7. The Morgan fingerprint density at radius 2 is 1.61 bits per heavy atom. The average Bonchev–Trinajstić information content (AvgIpc) is 2.77. The van der Waals surface area contributed by atoms with E-state index in [9.17, 15) is 13.2 Å². The fourth-order valence-electron chi connectivity index (χ4n) is 2.74. The molecule has 0 unspecified atom stereocenters. The van der Waals surface area contributed by atoms with E-state index in [1.54, 1.807) is 66.7 Å². The van der Waals surface area contributed by atoms with Crippen LogP contribution in [-0.2, 0) is 14.8 Å². The normalized spacial score (nSPS) is 11.0. The fraction of sp³-hybridized carbons (Fsp3) is 0.136. The van der Waals surface area contributed by atoms with Gasteiger partial charge in [-0.05, 0) is 48.5 Å². The van der Waals surface area contributed by atoms with Gasteiger partial charge in [-0.3, -0.25) is 9.10 Å². The molecule has 0 atom stereocenters. The molecule has 0 aliphatic carbocycles. The number of anilines is 1. The van der Waals surface area contributed by atoms with Crippen molar-refractivity contribution in [3.63, 3.8) is 0 Å². The molecule has 0 saturated carbocycles. The third-order valence-corrected chi connectivity index (χ3v) is 6.88. The molecule has 0 bridgehead atoms. The van der Waals surface area contributed by atoms with Gasteiger partial charge < -0.3 is 10.1 Å². The second-order valence-electron chi connectivity index (χ2n) is 6.43. The molecule has 0 aliphatic rings. The molecule has 6 nitrogen and oxygen atoms in total. The van der Waals surface area contributed by atoms with Crippen LogP contribution in [0.3, 0.4) is 0 Å². The highest BCUT2D eigenvalue weighted by Crippen LogP contribution is 2.25. The predicted molar refractivity (Wildman–Crippen MR) is 125 cm³/mol. The number of carbonyl (C=O) groups is 1. The van der Waals surface area contributed by atoms with Gasteiger partial charge in [0.05, 0.1) is 22.2 Å². The summed E-state index contributed by atoms with van der Waals surface area (Å²) >= 11 is 9.37. The summed E-state index contributed by atoms with van der Waals surface area (Å²) in [5, 5.41) is 3.16. The van der Waals surface area contributed by atoms with Crippen molar-refractivity contribution in [2.45, 2.75) is 4.90 Å². The van der Waals surface area contributed by atoms with Crippen molar-refractivity contribution in [2.24, 2.45) is 0 Å². The molecular formula is C22H20BrClN2O4S. The van der Waals surface area contributed by atoms with Crippen LogP contribution in [0.1, 0.15) is 0 Å². The van der Waals surface area contributed by atoms with Gasteiger partial charge in [0, 0.05) is 4.47 Å². The van der Waals surface area contributed by atoms with Crippen molar-refractivity contribution >= 4 is 49.1 Å². The van der Waals surface area contributed by atoms with Crippen LogP contribution in [0.25, 0.3) is 0 Å². The second-order valence-corrected chi connectivity index (χ2v) is 9.62. The maximum Gasteiger partial charge on any atom is 0.264 e. The first kappa shape index (κ1) is 23.1. The van der Waals surface area contributed by atoms with Gasteiger partial charge in [0.2, 0.25) is 5.91 Å². The molecule has 31 heavy (non-hydrogen) atoms. The van der Waals surface area contributed by atoms with E-state index in [2.05, 4.69) is 21.2 Å². The number of amides is 1. The van der Waals surface area contributed by atoms with Crippen LogP contribution in [0.2, 0.25) is 5.02 Å². The molecule has 0 saturated heterocycles. The lowest BCUT2D eigenvalue weighted by Crippen LogP contribution is -2.41. The molecule has 3 aromatic carbocycles. The SMILES string of the molecule is O=C(CN(c1ccc(Br)cc1)S(=O)(=O)c1ccccc1)NCCOc1ccccc1Cl. The quantitative estimate of drug-likeness (QED) is 0.419. The molecule has 0 aliphatic heterocycles. The number of halogens is 2. The third-order valence-electron chi connectivity index (χ3n) is 4.25. The first-order valence-electron chi connectivity index (χ1n) is 9.35. The van der Waals surface area contributed by atoms with Crippen molar-refractivity contribution in [3.8, 4) is 5.75 Å². The molecule has 0 fully saturated rings. The molecular weight excluding hydrogens is 504 g/mol. The van der Waals surface area contributed by atoms with E-state index in [4.69, 9.17) is 16.3 Å². The summed E-state index contributed by atoms with van der Waals surface area (Å²) < 4.78 is 33.8. The minimum absolute atomic E-state index is 0.104. The molecule has 3 aromatic rings. The summed E-state index contributed by atoms with van der Waals surface area (Å²) in [7, 11) is -3.93. The van der Waals surface area contributed by atoms with Crippen LogP contribution in [0.5, 0.6) is 5.75 Å². The van der Waals surface area contributed by atoms with Crippen LogP contribution in [0, 0.1) is 0 Å². The third kappa shape index (κ3) is 6.22. The van der Waals surface area contributed by atoms with Gasteiger partial charge in [-0.15, -0.1) is 0 Å². The number of hydrogen-bond acceptors (Lipinski definition) is 4. The average molecular weight is 524 g/mol. The Hall–Kier alpha value is -2.55. The maximum absolute atomic E-state index is 13.2. The van der Waals surface area contributed by atoms with Crippen molar-refractivity contribution in [3.05, 3.63) is 88.4 Å². The number of rotatable bonds is 9. The van der Waals surface area contributed by atoms with E-state index in [-0.39, 0.29) is 24.6 Å². The van der Waals surface area contributed by atoms with Gasteiger partial charge in [-0.2, -0.15) is 0 Å². The van der Waals surface area contributed by atoms with E-state index in [0.29, 0.717) is 16.5 Å². The van der Waals surface area contributed by atoms with Crippen LogP contribution < -0.4 is 14.4 Å². The van der Waals surface area contributed by atoms with Crippen LogP contribution in [-0.4, -0.2) is 34.0 Å². The molecule has 0 radical (unpaired) electrons. The van der Waals surface area contributed by atoms with Gasteiger partial charge in [-0.1, -0.05) is 57.9 Å². The summed E-state index contributed by atoms with van der Waals surface area (Å²) in [5.74, 6) is 0.0618. The van der Waals surface area contributed by atoms with E-state index in [1.807, 2.05) is 0 Å². The molecule has 0 heterocycles. The van der Waals surface area contributed by atoms with Gasteiger partial charge in [-0.25, -0.2) is 8.42 Å². The Morgan fingerprint density at radius 3 is 2.29 bits per heavy atom. The van der Waals surface area contributed by atoms with Gasteiger partial charge >= 0.3 is 0 Å². The second kappa shape index (κ2) is 10.7. The van der Waals surface area contributed by atoms with E-state index in [1.165, 1.54) is 12.1 Å². The number of nitrogens with one attached hydrogen (secondary N) is 1. The highest BCUT2D eigenvalue weighted by atomic mass is 79.9. The summed E-state index contributed by atoms with van der Waals surface area (Å²) in [6.45, 7) is 0.0216. The van der Waals surface area contributed by atoms with Crippen molar-refractivity contribution in [1.82, 2.24) is 5.32 Å². The number of hydrogen-bond donors (Lipinski definition) is 1. The topological polar surface area (TPSA) is 75.7 Å². The minimum Gasteiger partial charge on any atom is -0.490 e. The van der Waals surface area contributed by atoms with E-state index >= 15 is 0 Å². The monoisotopic (exact) mass is 522 g/mol. The highest BCUT2D eigenvalue weighted by molar-refractivity contribution is 9.10. The van der Waals surface area contributed by atoms with Crippen molar-refractivity contribution < 1.29 is 17.9 Å². The summed E-state index contributed by atoms with van der Waals surface area (Å²) in [5.41, 5.74) is 0.384. The molecule has 1 amide bonds. The first-order chi connectivity index (χ1) is 14.9. The lowest BCUT2D eigenvalue weighted by atomic mass is 10.3. The van der Waals surface area contributed by atoms with Crippen molar-refractivity contribution in [2.75, 3.05) is 24.0 Å². The molecule has 0 spiro atoms. The van der Waals surface area contributed by atoms with Crippen molar-refractivity contribution in [1.29, 1.82) is 0 Å². The Morgan fingerprint density at radius 1 is 0.968 bits per heavy atom. The lowest BCUT2D eigenvalue weighted by Gasteiger charge is -2.24. The lowest BCUT2D eigenvalue weighted by molar-refractivity contribution is -0.119. The predicted octanol–water partition coefficient (Wildman–Crippen LogP) is 4.49. The maximum atomic E-state index is 13.2. The Bertz CT molecular complexity index is 1130. The van der Waals surface area contributed by atoms with E-state index < -0.39 is 15.9 Å². The van der Waals surface area contributed by atoms with Gasteiger partial charge in [0.25, 0.3) is 10.0 Å². The standard InChI is InChI=1S/C22H20BrClN2O4S/c23-17-10-12-18(13-11-17)26(31(28,29)19-6-2-1-3-7-19)16-22(27)25-14-15-30-21-9-5-4-8-20(21)24/h1-13H,14-16H2,(H,25,27). The van der Waals surface area contributed by atoms with Crippen LogP contribution >= 0.6 is 27.5 Å². The zero-order valence-electron chi connectivity index (χ0n) is 16.4. The molecule has 9 heteroatoms. The number of benzene rings is 3.